The van der Waals surface area contributed by atoms with Gasteiger partial charge in [-0.15, -0.1) is 0 Å². The van der Waals surface area contributed by atoms with E-state index in [-0.39, 0.29) is 5.56 Å². The Morgan fingerprint density at radius 2 is 1.75 bits per heavy atom. The molecule has 3 nitrogen and oxygen atoms in total. The zero-order chi connectivity index (χ0) is 17.7. The summed E-state index contributed by atoms with van der Waals surface area (Å²) in [6.07, 6.45) is 4.45. The van der Waals surface area contributed by atoms with Crippen LogP contribution in [0, 0.1) is 11.6 Å². The summed E-state index contributed by atoms with van der Waals surface area (Å²) in [5, 5.41) is 9.27. The third-order valence-electron chi connectivity index (χ3n) is 3.24. The highest BCUT2D eigenvalue weighted by atomic mass is 19.1. The third-order valence-corrected chi connectivity index (χ3v) is 3.24. The average molecular weight is 327 g/mol. The van der Waals surface area contributed by atoms with Gasteiger partial charge in [-0.1, -0.05) is 19.2 Å². The molecule has 0 bridgehead atoms. The van der Waals surface area contributed by atoms with E-state index in [1.54, 1.807) is 6.08 Å². The van der Waals surface area contributed by atoms with Crippen molar-refractivity contribution in [1.29, 1.82) is 0 Å². The lowest BCUT2D eigenvalue weighted by atomic mass is 10.1. The molecular formula is C19H15F2NO2. The van der Waals surface area contributed by atoms with E-state index in [9.17, 15) is 18.7 Å². The number of amides is 1. The fourth-order valence-electron chi connectivity index (χ4n) is 2.10. The number of benzene rings is 2. The van der Waals surface area contributed by atoms with Crippen LogP contribution in [0.25, 0.3) is 0 Å². The van der Waals surface area contributed by atoms with Gasteiger partial charge in [-0.25, -0.2) is 8.78 Å². The third kappa shape index (κ3) is 3.57. The van der Waals surface area contributed by atoms with Crippen LogP contribution in [-0.2, 0) is 0 Å². The Bertz CT molecular complexity index is 811. The summed E-state index contributed by atoms with van der Waals surface area (Å²) >= 11 is 0. The van der Waals surface area contributed by atoms with E-state index in [1.807, 2.05) is 0 Å². The predicted octanol–water partition coefficient (Wildman–Crippen LogP) is 4.57. The molecule has 0 spiro atoms. The molecule has 0 unspecified atom stereocenters. The Hall–Kier alpha value is -3.21. The lowest BCUT2D eigenvalue weighted by Crippen LogP contribution is -2.29. The fourth-order valence-corrected chi connectivity index (χ4v) is 2.10. The van der Waals surface area contributed by atoms with Gasteiger partial charge in [0.15, 0.2) is 11.6 Å². The number of hydrogen-bond acceptors (Lipinski definition) is 2. The van der Waals surface area contributed by atoms with Crippen molar-refractivity contribution in [3.05, 3.63) is 96.7 Å². The quantitative estimate of drug-likeness (QED) is 0.817. The molecule has 2 aromatic carbocycles. The van der Waals surface area contributed by atoms with E-state index >= 15 is 0 Å². The fraction of sp³-hybridized carbons (Fsp3) is 0. The second kappa shape index (κ2) is 7.37. The van der Waals surface area contributed by atoms with Gasteiger partial charge in [0.1, 0.15) is 5.82 Å². The van der Waals surface area contributed by atoms with Gasteiger partial charge in [-0.05, 0) is 54.6 Å². The first-order valence-corrected chi connectivity index (χ1v) is 7.01. The predicted molar refractivity (Wildman–Crippen MR) is 89.8 cm³/mol. The Morgan fingerprint density at radius 1 is 1.08 bits per heavy atom. The summed E-state index contributed by atoms with van der Waals surface area (Å²) in [5.74, 6) is -2.47. The minimum Gasteiger partial charge on any atom is -0.505 e. The first-order valence-electron chi connectivity index (χ1n) is 7.01. The maximum Gasteiger partial charge on any atom is 0.262 e. The summed E-state index contributed by atoms with van der Waals surface area (Å²) in [7, 11) is 0. The van der Waals surface area contributed by atoms with Crippen LogP contribution in [0.1, 0.15) is 10.4 Å². The van der Waals surface area contributed by atoms with Crippen molar-refractivity contribution in [2.45, 2.75) is 0 Å². The van der Waals surface area contributed by atoms with Gasteiger partial charge < -0.3 is 5.11 Å². The van der Waals surface area contributed by atoms with Crippen molar-refractivity contribution in [2.75, 3.05) is 4.90 Å². The van der Waals surface area contributed by atoms with Crippen molar-refractivity contribution in [1.82, 2.24) is 0 Å². The minimum absolute atomic E-state index is 0.0198. The average Bonchev–Trinajstić information content (AvgIpc) is 2.58. The number of carbonyl (C=O) groups is 1. The number of nitrogens with zero attached hydrogens (tertiary/aromatic N) is 1. The lowest BCUT2D eigenvalue weighted by molar-refractivity contribution is 0.0995. The van der Waals surface area contributed by atoms with Gasteiger partial charge in [0.05, 0.1) is 0 Å². The van der Waals surface area contributed by atoms with Crippen molar-refractivity contribution in [3.63, 3.8) is 0 Å². The van der Waals surface area contributed by atoms with E-state index in [4.69, 9.17) is 0 Å². The monoisotopic (exact) mass is 327 g/mol. The van der Waals surface area contributed by atoms with Crippen LogP contribution in [0.5, 0.6) is 5.75 Å². The molecule has 0 saturated heterocycles. The normalized spacial score (nSPS) is 11.0. The molecular weight excluding hydrogens is 312 g/mol. The number of rotatable bonds is 5. The zero-order valence-corrected chi connectivity index (χ0v) is 12.7. The number of phenolic OH excluding ortho intramolecular Hbond substituents is 1. The highest BCUT2D eigenvalue weighted by Crippen LogP contribution is 2.25. The molecule has 24 heavy (non-hydrogen) atoms. The highest BCUT2D eigenvalue weighted by molar-refractivity contribution is 6.08. The maximum atomic E-state index is 13.6. The standard InChI is InChI=1S/C19H15F2NO2/c1-3-5-15(4-2)22(16-9-7-14(20)8-10-16)19(24)13-6-11-18(23)17(21)12-13/h3-12,23H,1-2H2/b15-5+. The lowest BCUT2D eigenvalue weighted by Gasteiger charge is -2.24. The molecule has 0 atom stereocenters. The molecule has 0 radical (unpaired) electrons. The van der Waals surface area contributed by atoms with Gasteiger partial charge >= 0.3 is 0 Å². The van der Waals surface area contributed by atoms with E-state index in [0.717, 1.165) is 12.1 Å². The van der Waals surface area contributed by atoms with Crippen LogP contribution in [0.3, 0.4) is 0 Å². The van der Waals surface area contributed by atoms with Crippen molar-refractivity contribution >= 4 is 11.6 Å². The summed E-state index contributed by atoms with van der Waals surface area (Å²) in [6.45, 7) is 7.23. The molecule has 122 valence electrons. The molecule has 1 amide bonds. The van der Waals surface area contributed by atoms with E-state index in [0.29, 0.717) is 11.4 Å². The largest absolute Gasteiger partial charge is 0.505 e. The topological polar surface area (TPSA) is 40.5 Å². The van der Waals surface area contributed by atoms with Gasteiger partial charge in [-0.3, -0.25) is 9.69 Å². The number of anilines is 1. The second-order valence-electron chi connectivity index (χ2n) is 4.81. The van der Waals surface area contributed by atoms with E-state index in [2.05, 4.69) is 13.2 Å². The molecule has 0 aromatic heterocycles. The van der Waals surface area contributed by atoms with Crippen LogP contribution in [0.4, 0.5) is 14.5 Å². The maximum absolute atomic E-state index is 13.6. The van der Waals surface area contributed by atoms with Crippen LogP contribution >= 0.6 is 0 Å². The van der Waals surface area contributed by atoms with Gasteiger partial charge in [0.2, 0.25) is 0 Å². The van der Waals surface area contributed by atoms with E-state index < -0.39 is 23.3 Å². The number of aromatic hydroxyl groups is 1. The highest BCUT2D eigenvalue weighted by Gasteiger charge is 2.21. The number of carbonyl (C=O) groups excluding carboxylic acids is 1. The number of halogens is 2. The molecule has 0 saturated carbocycles. The number of hydrogen-bond donors (Lipinski definition) is 1. The molecule has 0 aliphatic heterocycles. The first kappa shape index (κ1) is 17.1. The zero-order valence-electron chi connectivity index (χ0n) is 12.7. The van der Waals surface area contributed by atoms with Crippen molar-refractivity contribution in [2.24, 2.45) is 0 Å². The summed E-state index contributed by atoms with van der Waals surface area (Å²) in [5.41, 5.74) is 0.782. The van der Waals surface area contributed by atoms with Crippen molar-refractivity contribution < 1.29 is 18.7 Å². The second-order valence-corrected chi connectivity index (χ2v) is 4.81. The molecule has 5 heteroatoms. The number of allylic oxidation sites excluding steroid dienone is 3. The van der Waals surface area contributed by atoms with Crippen LogP contribution in [0.15, 0.2) is 79.5 Å². The smallest absolute Gasteiger partial charge is 0.262 e. The minimum atomic E-state index is -0.909. The Labute approximate surface area is 138 Å². The van der Waals surface area contributed by atoms with Crippen LogP contribution in [-0.4, -0.2) is 11.0 Å². The Morgan fingerprint density at radius 3 is 2.29 bits per heavy atom. The van der Waals surface area contributed by atoms with E-state index in [1.165, 1.54) is 47.4 Å². The molecule has 0 heterocycles. The molecule has 2 aromatic rings. The molecule has 1 N–H and O–H groups in total. The Kier molecular flexibility index (Phi) is 5.27. The SMILES string of the molecule is C=C/C=C(\C=C)N(C(=O)c1ccc(O)c(F)c1)c1ccc(F)cc1. The van der Waals surface area contributed by atoms with Gasteiger partial charge in [-0.2, -0.15) is 0 Å². The van der Waals surface area contributed by atoms with Crippen LogP contribution in [0.2, 0.25) is 0 Å². The molecule has 0 aliphatic rings. The van der Waals surface area contributed by atoms with Crippen LogP contribution < -0.4 is 4.90 Å². The molecule has 2 rings (SSSR count). The van der Waals surface area contributed by atoms with Gasteiger partial charge in [0, 0.05) is 16.9 Å². The first-order chi connectivity index (χ1) is 11.5. The summed E-state index contributed by atoms with van der Waals surface area (Å²) in [6, 6.07) is 8.59. The molecule has 0 fully saturated rings. The Balaban J connectivity index is 2.56. The summed E-state index contributed by atoms with van der Waals surface area (Å²) in [4.78, 5) is 14.1. The van der Waals surface area contributed by atoms with Crippen molar-refractivity contribution in [3.8, 4) is 5.75 Å². The molecule has 0 aliphatic carbocycles. The summed E-state index contributed by atoms with van der Waals surface area (Å²) < 4.78 is 26.7. The van der Waals surface area contributed by atoms with Gasteiger partial charge in [0.25, 0.3) is 5.91 Å². The number of phenols is 1.